The molecule has 4 nitrogen and oxygen atoms in total. The third kappa shape index (κ3) is 1.81. The van der Waals surface area contributed by atoms with Crippen LogP contribution in [0.5, 0.6) is 5.75 Å². The number of methoxy groups -OCH3 is 1. The van der Waals surface area contributed by atoms with Crippen LogP contribution in [0, 0.1) is 0 Å². The maximum atomic E-state index is 5.76. The number of aryl methyl sites for hydroxylation is 1. The van der Waals surface area contributed by atoms with Gasteiger partial charge < -0.3 is 15.2 Å². The van der Waals surface area contributed by atoms with Crippen LogP contribution < -0.4 is 15.8 Å². The first kappa shape index (κ1) is 12.0. The minimum Gasteiger partial charge on any atom is -0.497 e. The van der Waals surface area contributed by atoms with Gasteiger partial charge in [-0.1, -0.05) is 6.07 Å². The van der Waals surface area contributed by atoms with Crippen LogP contribution in [0.1, 0.15) is 17.5 Å². The number of nitrogens with one attached hydrogen (secondary N) is 1. The van der Waals surface area contributed by atoms with E-state index in [1.807, 2.05) is 6.07 Å². The van der Waals surface area contributed by atoms with E-state index < -0.39 is 0 Å². The van der Waals surface area contributed by atoms with Gasteiger partial charge in [0.25, 0.3) is 0 Å². The molecule has 1 aromatic carbocycles. The standard InChI is InChI=1S/C14H20N2O2/c1-17-12-2-3-13-10(6-12)4-5-14(13)9-18-8-11(7-15)16-14/h2-3,6,11,16H,4-5,7-9,15H2,1H3. The lowest BCUT2D eigenvalue weighted by Gasteiger charge is -2.40. The van der Waals surface area contributed by atoms with Gasteiger partial charge in [-0.15, -0.1) is 0 Å². The highest BCUT2D eigenvalue weighted by Gasteiger charge is 2.42. The fourth-order valence-corrected chi connectivity index (χ4v) is 3.13. The van der Waals surface area contributed by atoms with Crippen molar-refractivity contribution < 1.29 is 9.47 Å². The van der Waals surface area contributed by atoms with Gasteiger partial charge in [0, 0.05) is 12.6 Å². The average Bonchev–Trinajstić information content (AvgIpc) is 2.77. The molecule has 0 radical (unpaired) electrons. The van der Waals surface area contributed by atoms with E-state index in [0.29, 0.717) is 13.2 Å². The molecule has 2 unspecified atom stereocenters. The molecule has 18 heavy (non-hydrogen) atoms. The number of hydrogen-bond donors (Lipinski definition) is 2. The molecule has 1 aromatic rings. The van der Waals surface area contributed by atoms with Gasteiger partial charge in [0.1, 0.15) is 5.75 Å². The van der Waals surface area contributed by atoms with E-state index in [-0.39, 0.29) is 11.6 Å². The number of hydrogen-bond acceptors (Lipinski definition) is 4. The quantitative estimate of drug-likeness (QED) is 0.812. The van der Waals surface area contributed by atoms with Crippen LogP contribution in [0.2, 0.25) is 0 Å². The predicted molar refractivity (Wildman–Crippen MR) is 69.8 cm³/mol. The van der Waals surface area contributed by atoms with Crippen LogP contribution in [0.3, 0.4) is 0 Å². The lowest BCUT2D eigenvalue weighted by atomic mass is 9.90. The SMILES string of the molecule is COc1ccc2c(c1)CCC21COCC(CN)N1. The maximum Gasteiger partial charge on any atom is 0.119 e. The van der Waals surface area contributed by atoms with Crippen molar-refractivity contribution in [1.29, 1.82) is 0 Å². The molecule has 1 aliphatic heterocycles. The van der Waals surface area contributed by atoms with Gasteiger partial charge in [-0.05, 0) is 36.1 Å². The monoisotopic (exact) mass is 248 g/mol. The van der Waals surface area contributed by atoms with Gasteiger partial charge in [-0.2, -0.15) is 0 Å². The summed E-state index contributed by atoms with van der Waals surface area (Å²) in [6, 6.07) is 6.58. The zero-order valence-electron chi connectivity index (χ0n) is 10.7. The molecule has 98 valence electrons. The Bertz CT molecular complexity index is 449. The summed E-state index contributed by atoms with van der Waals surface area (Å²) in [5.74, 6) is 0.929. The van der Waals surface area contributed by atoms with Gasteiger partial charge in [-0.25, -0.2) is 0 Å². The van der Waals surface area contributed by atoms with Crippen LogP contribution in [-0.2, 0) is 16.7 Å². The Kier molecular flexibility index (Phi) is 3.01. The minimum atomic E-state index is -0.0378. The van der Waals surface area contributed by atoms with Crippen molar-refractivity contribution in [3.63, 3.8) is 0 Å². The van der Waals surface area contributed by atoms with E-state index in [1.54, 1.807) is 7.11 Å². The fraction of sp³-hybridized carbons (Fsp3) is 0.571. The molecule has 3 rings (SSSR count). The van der Waals surface area contributed by atoms with Crippen LogP contribution in [0.15, 0.2) is 18.2 Å². The summed E-state index contributed by atoms with van der Waals surface area (Å²) in [7, 11) is 1.71. The second-order valence-corrected chi connectivity index (χ2v) is 5.20. The third-order valence-electron chi connectivity index (χ3n) is 4.08. The normalized spacial score (nSPS) is 30.4. The number of nitrogens with two attached hydrogens (primary N) is 1. The minimum absolute atomic E-state index is 0.0378. The fourth-order valence-electron chi connectivity index (χ4n) is 3.13. The zero-order chi connectivity index (χ0) is 12.6. The Morgan fingerprint density at radius 1 is 1.56 bits per heavy atom. The molecule has 1 heterocycles. The van der Waals surface area contributed by atoms with Crippen molar-refractivity contribution in [2.45, 2.75) is 24.4 Å². The van der Waals surface area contributed by atoms with E-state index in [9.17, 15) is 0 Å². The summed E-state index contributed by atoms with van der Waals surface area (Å²) in [4.78, 5) is 0. The molecule has 1 fully saturated rings. The summed E-state index contributed by atoms with van der Waals surface area (Å²) >= 11 is 0. The molecule has 0 amide bonds. The number of ether oxygens (including phenoxy) is 2. The average molecular weight is 248 g/mol. The van der Waals surface area contributed by atoms with Gasteiger partial charge in [0.15, 0.2) is 0 Å². The largest absolute Gasteiger partial charge is 0.497 e. The second-order valence-electron chi connectivity index (χ2n) is 5.20. The van der Waals surface area contributed by atoms with Gasteiger partial charge in [0.2, 0.25) is 0 Å². The van der Waals surface area contributed by atoms with Gasteiger partial charge in [-0.3, -0.25) is 5.32 Å². The first-order chi connectivity index (χ1) is 8.77. The van der Waals surface area contributed by atoms with E-state index in [2.05, 4.69) is 17.4 Å². The zero-order valence-corrected chi connectivity index (χ0v) is 10.7. The molecule has 1 spiro atoms. The van der Waals surface area contributed by atoms with Crippen molar-refractivity contribution in [2.75, 3.05) is 26.9 Å². The van der Waals surface area contributed by atoms with Crippen LogP contribution in [-0.4, -0.2) is 32.9 Å². The summed E-state index contributed by atoms with van der Waals surface area (Å²) in [5.41, 5.74) is 8.43. The summed E-state index contributed by atoms with van der Waals surface area (Å²) in [6.45, 7) is 2.07. The molecular formula is C14H20N2O2. The van der Waals surface area contributed by atoms with Gasteiger partial charge >= 0.3 is 0 Å². The Morgan fingerprint density at radius 3 is 3.22 bits per heavy atom. The number of rotatable bonds is 2. The smallest absolute Gasteiger partial charge is 0.119 e. The van der Waals surface area contributed by atoms with Crippen molar-refractivity contribution in [2.24, 2.45) is 5.73 Å². The molecular weight excluding hydrogens is 228 g/mol. The Hall–Kier alpha value is -1.10. The van der Waals surface area contributed by atoms with Crippen molar-refractivity contribution in [3.8, 4) is 5.75 Å². The van der Waals surface area contributed by atoms with Crippen molar-refractivity contribution in [3.05, 3.63) is 29.3 Å². The molecule has 1 saturated heterocycles. The molecule has 2 atom stereocenters. The first-order valence-corrected chi connectivity index (χ1v) is 6.50. The van der Waals surface area contributed by atoms with Crippen LogP contribution >= 0.6 is 0 Å². The molecule has 0 saturated carbocycles. The highest BCUT2D eigenvalue weighted by atomic mass is 16.5. The molecule has 2 aliphatic rings. The van der Waals surface area contributed by atoms with Gasteiger partial charge in [0.05, 0.1) is 25.9 Å². The Balaban J connectivity index is 1.93. The third-order valence-corrected chi connectivity index (χ3v) is 4.08. The predicted octanol–water partition coefficient (Wildman–Crippen LogP) is 0.784. The van der Waals surface area contributed by atoms with Crippen LogP contribution in [0.4, 0.5) is 0 Å². The molecule has 4 heteroatoms. The van der Waals surface area contributed by atoms with E-state index in [4.69, 9.17) is 15.2 Å². The highest BCUT2D eigenvalue weighted by Crippen LogP contribution is 2.40. The number of morpholine rings is 1. The number of fused-ring (bicyclic) bond motifs is 2. The molecule has 1 aliphatic carbocycles. The second kappa shape index (κ2) is 4.53. The summed E-state index contributed by atoms with van der Waals surface area (Å²) in [5, 5.41) is 3.68. The topological polar surface area (TPSA) is 56.5 Å². The molecule has 3 N–H and O–H groups in total. The summed E-state index contributed by atoms with van der Waals surface area (Å²) in [6.07, 6.45) is 2.15. The van der Waals surface area contributed by atoms with E-state index in [1.165, 1.54) is 11.1 Å². The number of benzene rings is 1. The van der Waals surface area contributed by atoms with E-state index >= 15 is 0 Å². The summed E-state index contributed by atoms with van der Waals surface area (Å²) < 4.78 is 11.0. The Morgan fingerprint density at radius 2 is 2.44 bits per heavy atom. The molecule has 0 bridgehead atoms. The Labute approximate surface area is 107 Å². The lowest BCUT2D eigenvalue weighted by molar-refractivity contribution is -0.00107. The molecule has 0 aromatic heterocycles. The van der Waals surface area contributed by atoms with Crippen molar-refractivity contribution in [1.82, 2.24) is 5.32 Å². The van der Waals surface area contributed by atoms with Crippen LogP contribution in [0.25, 0.3) is 0 Å². The van der Waals surface area contributed by atoms with E-state index in [0.717, 1.165) is 25.2 Å². The lowest BCUT2D eigenvalue weighted by Crippen LogP contribution is -2.58. The maximum absolute atomic E-state index is 5.76. The highest BCUT2D eigenvalue weighted by molar-refractivity contribution is 5.44. The van der Waals surface area contributed by atoms with Crippen molar-refractivity contribution >= 4 is 0 Å². The first-order valence-electron chi connectivity index (χ1n) is 6.50.